The Balaban J connectivity index is 1.11. The van der Waals surface area contributed by atoms with Crippen LogP contribution in [-0.4, -0.2) is 81.3 Å². The second kappa shape index (κ2) is 17.7. The molecule has 6 rings (SSSR count). The number of aliphatic carboxylic acids is 2. The van der Waals surface area contributed by atoms with Crippen molar-refractivity contribution in [1.29, 1.82) is 0 Å². The molecule has 12 nitrogen and oxygen atoms in total. The second-order valence-electron chi connectivity index (χ2n) is 14.0. The number of benzene rings is 2. The van der Waals surface area contributed by atoms with Crippen LogP contribution in [0.1, 0.15) is 71.9 Å². The van der Waals surface area contributed by atoms with Crippen LogP contribution < -0.4 is 18.9 Å². The summed E-state index contributed by atoms with van der Waals surface area (Å²) in [6, 6.07) is 18.8. The molecule has 2 aliphatic heterocycles. The second-order valence-corrected chi connectivity index (χ2v) is 14.0. The van der Waals surface area contributed by atoms with E-state index >= 15 is 0 Å². The number of nitrogens with zero attached hydrogens (tertiary/aromatic N) is 4. The molecule has 2 saturated heterocycles. The third-order valence-electron chi connectivity index (χ3n) is 10.7. The Morgan fingerprint density at radius 3 is 1.44 bits per heavy atom. The van der Waals surface area contributed by atoms with Crippen LogP contribution in [0, 0.1) is 13.8 Å². The van der Waals surface area contributed by atoms with Crippen molar-refractivity contribution < 1.29 is 38.7 Å². The van der Waals surface area contributed by atoms with Gasteiger partial charge in [0.1, 0.15) is 25.3 Å². The van der Waals surface area contributed by atoms with Crippen molar-refractivity contribution in [2.45, 2.75) is 90.8 Å². The van der Waals surface area contributed by atoms with Crippen molar-refractivity contribution in [3.8, 4) is 34.6 Å². The van der Waals surface area contributed by atoms with E-state index in [2.05, 4.69) is 35.9 Å². The van der Waals surface area contributed by atoms with Gasteiger partial charge in [0.15, 0.2) is 0 Å². The molecule has 286 valence electrons. The number of hydrogen-bond acceptors (Lipinski definition) is 10. The molecule has 0 saturated carbocycles. The highest BCUT2D eigenvalue weighted by molar-refractivity contribution is 5.74. The van der Waals surface area contributed by atoms with E-state index in [9.17, 15) is 19.8 Å². The van der Waals surface area contributed by atoms with Crippen LogP contribution in [0.5, 0.6) is 23.5 Å². The first-order valence-corrected chi connectivity index (χ1v) is 18.6. The zero-order valence-corrected chi connectivity index (χ0v) is 31.5. The highest BCUT2D eigenvalue weighted by atomic mass is 16.5. The van der Waals surface area contributed by atoms with E-state index in [0.717, 1.165) is 83.3 Å². The van der Waals surface area contributed by atoms with E-state index in [1.165, 1.54) is 0 Å². The largest absolute Gasteiger partial charge is 0.481 e. The standard InChI is InChI=1S/C42H50N4O8/c1-27-31(25-53-37-19-17-29(39(43-37)51-3)23-45-21-7-5-15-35(45)41(47)48)11-9-13-33(27)34-14-10-12-32(28(34)2)26-54-38-20-18-30(40(44-38)52-4)24-46-22-8-6-16-36(46)42(49)50/h9-14,17-20,35-36H,5-8,15-16,21-26H2,1-4H3,(H,47,48)(H,49,50)/t35-,36-/m1/s1. The third kappa shape index (κ3) is 8.94. The summed E-state index contributed by atoms with van der Waals surface area (Å²) in [5, 5.41) is 19.4. The Labute approximate surface area is 316 Å². The SMILES string of the molecule is COc1nc(OCc2cccc(-c3cccc(COc4ccc(CN5CCCC[C@@H]5C(=O)O)c(OC)n4)c3C)c2C)ccc1CN1CCCC[C@@H]1C(=O)O. The average Bonchev–Trinajstić information content (AvgIpc) is 3.18. The topological polar surface area (TPSA) is 144 Å². The van der Waals surface area contributed by atoms with E-state index in [-0.39, 0.29) is 0 Å². The van der Waals surface area contributed by atoms with Gasteiger partial charge in [-0.05, 0) is 98.1 Å². The first-order valence-electron chi connectivity index (χ1n) is 18.6. The van der Waals surface area contributed by atoms with Gasteiger partial charge < -0.3 is 29.2 Å². The number of carboxylic acids is 2. The molecule has 0 radical (unpaired) electrons. The molecule has 2 aliphatic rings. The Kier molecular flexibility index (Phi) is 12.7. The molecular formula is C42H50N4O8. The summed E-state index contributed by atoms with van der Waals surface area (Å²) in [7, 11) is 3.13. The van der Waals surface area contributed by atoms with Gasteiger partial charge in [-0.15, -0.1) is 0 Å². The predicted octanol–water partition coefficient (Wildman–Crippen LogP) is 6.81. The fraction of sp³-hybridized carbons (Fsp3) is 0.429. The fourth-order valence-electron chi connectivity index (χ4n) is 7.58. The average molecular weight is 739 g/mol. The highest BCUT2D eigenvalue weighted by Gasteiger charge is 2.30. The number of methoxy groups -OCH3 is 2. The molecule has 12 heteroatoms. The fourth-order valence-corrected chi connectivity index (χ4v) is 7.58. The molecule has 2 fully saturated rings. The maximum Gasteiger partial charge on any atom is 0.320 e. The molecule has 0 spiro atoms. The molecular weight excluding hydrogens is 688 g/mol. The summed E-state index contributed by atoms with van der Waals surface area (Å²) >= 11 is 0. The lowest BCUT2D eigenvalue weighted by Crippen LogP contribution is -2.44. The molecule has 2 aromatic heterocycles. The zero-order chi connectivity index (χ0) is 38.2. The number of carboxylic acid groups (broad SMARTS) is 2. The summed E-state index contributed by atoms with van der Waals surface area (Å²) in [5.41, 5.74) is 8.05. The Hall–Kier alpha value is -5.20. The number of likely N-dealkylation sites (tertiary alicyclic amines) is 2. The maximum atomic E-state index is 11.8. The Morgan fingerprint density at radius 2 is 1.06 bits per heavy atom. The van der Waals surface area contributed by atoms with Crippen LogP contribution in [0.15, 0.2) is 60.7 Å². The van der Waals surface area contributed by atoms with Gasteiger partial charge in [0.2, 0.25) is 23.5 Å². The van der Waals surface area contributed by atoms with Crippen molar-refractivity contribution in [2.24, 2.45) is 0 Å². The summed E-state index contributed by atoms with van der Waals surface area (Å²) in [5.74, 6) is 0.128. The molecule has 4 aromatic rings. The first-order chi connectivity index (χ1) is 26.2. The number of aromatic nitrogens is 2. The molecule has 2 atom stereocenters. The van der Waals surface area contributed by atoms with Gasteiger partial charge in [-0.2, -0.15) is 9.97 Å². The lowest BCUT2D eigenvalue weighted by atomic mass is 9.92. The Bertz CT molecular complexity index is 1810. The van der Waals surface area contributed by atoms with Crippen molar-refractivity contribution in [3.63, 3.8) is 0 Å². The van der Waals surface area contributed by atoms with E-state index in [1.807, 2.05) is 58.3 Å². The van der Waals surface area contributed by atoms with Gasteiger partial charge in [-0.25, -0.2) is 0 Å². The minimum Gasteiger partial charge on any atom is -0.481 e. The summed E-state index contributed by atoms with van der Waals surface area (Å²) in [4.78, 5) is 36.8. The molecule has 54 heavy (non-hydrogen) atoms. The van der Waals surface area contributed by atoms with Crippen LogP contribution in [-0.2, 0) is 35.9 Å². The lowest BCUT2D eigenvalue weighted by Gasteiger charge is -2.33. The Morgan fingerprint density at radius 1 is 0.630 bits per heavy atom. The molecule has 0 amide bonds. The summed E-state index contributed by atoms with van der Waals surface area (Å²) in [6.45, 7) is 7.14. The van der Waals surface area contributed by atoms with E-state index < -0.39 is 24.0 Å². The quantitative estimate of drug-likeness (QED) is 0.132. The molecule has 4 heterocycles. The van der Waals surface area contributed by atoms with Crippen LogP contribution in [0.2, 0.25) is 0 Å². The normalized spacial score (nSPS) is 17.9. The number of piperidine rings is 2. The van der Waals surface area contributed by atoms with Crippen LogP contribution in [0.3, 0.4) is 0 Å². The summed E-state index contributed by atoms with van der Waals surface area (Å²) < 4.78 is 23.5. The molecule has 2 aromatic carbocycles. The number of pyridine rings is 2. The summed E-state index contributed by atoms with van der Waals surface area (Å²) in [6.07, 6.45) is 5.05. The van der Waals surface area contributed by atoms with E-state index in [0.29, 0.717) is 62.7 Å². The van der Waals surface area contributed by atoms with Gasteiger partial charge in [-0.3, -0.25) is 19.4 Å². The highest BCUT2D eigenvalue weighted by Crippen LogP contribution is 2.33. The van der Waals surface area contributed by atoms with Gasteiger partial charge in [0, 0.05) is 36.3 Å². The minimum atomic E-state index is -0.794. The van der Waals surface area contributed by atoms with Crippen molar-refractivity contribution in [1.82, 2.24) is 19.8 Å². The maximum absolute atomic E-state index is 11.8. The first kappa shape index (κ1) is 38.5. The van der Waals surface area contributed by atoms with Gasteiger partial charge >= 0.3 is 11.9 Å². The molecule has 0 bridgehead atoms. The smallest absolute Gasteiger partial charge is 0.320 e. The van der Waals surface area contributed by atoms with Crippen LogP contribution in [0.25, 0.3) is 11.1 Å². The van der Waals surface area contributed by atoms with Crippen molar-refractivity contribution >= 4 is 11.9 Å². The van der Waals surface area contributed by atoms with Crippen molar-refractivity contribution in [3.05, 3.63) is 94.0 Å². The van der Waals surface area contributed by atoms with Crippen LogP contribution >= 0.6 is 0 Å². The van der Waals surface area contributed by atoms with Gasteiger partial charge in [-0.1, -0.05) is 49.2 Å². The third-order valence-corrected chi connectivity index (χ3v) is 10.7. The van der Waals surface area contributed by atoms with Gasteiger partial charge in [0.25, 0.3) is 0 Å². The number of carbonyl (C=O) groups is 2. The minimum absolute atomic E-state index is 0.308. The lowest BCUT2D eigenvalue weighted by molar-refractivity contribution is -0.145. The monoisotopic (exact) mass is 738 g/mol. The molecule has 0 aliphatic carbocycles. The molecule has 0 unspecified atom stereocenters. The van der Waals surface area contributed by atoms with E-state index in [1.54, 1.807) is 14.2 Å². The van der Waals surface area contributed by atoms with Crippen molar-refractivity contribution in [2.75, 3.05) is 27.3 Å². The van der Waals surface area contributed by atoms with Gasteiger partial charge in [0.05, 0.1) is 14.2 Å². The number of ether oxygens (including phenoxy) is 4. The molecule has 2 N–H and O–H groups in total. The number of rotatable bonds is 15. The van der Waals surface area contributed by atoms with Crippen LogP contribution in [0.4, 0.5) is 0 Å². The predicted molar refractivity (Wildman–Crippen MR) is 203 cm³/mol. The van der Waals surface area contributed by atoms with E-state index in [4.69, 9.17) is 18.9 Å². The zero-order valence-electron chi connectivity index (χ0n) is 31.5. The number of hydrogen-bond donors (Lipinski definition) is 2.